The lowest BCUT2D eigenvalue weighted by Crippen LogP contribution is -2.38. The second-order valence-electron chi connectivity index (χ2n) is 12.9. The van der Waals surface area contributed by atoms with E-state index in [-0.39, 0.29) is 25.0 Å². The predicted molar refractivity (Wildman–Crippen MR) is 148 cm³/mol. The Bertz CT molecular complexity index is 977. The van der Waals surface area contributed by atoms with Gasteiger partial charge in [-0.25, -0.2) is 8.78 Å². The van der Waals surface area contributed by atoms with Crippen LogP contribution in [0.15, 0.2) is 24.3 Å². The summed E-state index contributed by atoms with van der Waals surface area (Å²) < 4.78 is 103. The largest absolute Gasteiger partial charge is 0.573 e. The average molecular weight is 607 g/mol. The first-order valence-electron chi connectivity index (χ1n) is 15.9. The minimum Gasteiger partial charge on any atom is -0.432 e. The molecule has 2 nitrogen and oxygen atoms in total. The lowest BCUT2D eigenvalue weighted by atomic mass is 9.69. The van der Waals surface area contributed by atoms with Gasteiger partial charge in [0, 0.05) is 12.1 Å². The van der Waals surface area contributed by atoms with Crippen LogP contribution in [0.5, 0.6) is 11.5 Å². The second-order valence-corrected chi connectivity index (χ2v) is 12.9. The van der Waals surface area contributed by atoms with Crippen molar-refractivity contribution in [2.45, 2.75) is 122 Å². The zero-order chi connectivity index (χ0) is 30.3. The highest BCUT2D eigenvalue weighted by atomic mass is 19.4. The normalized spacial score (nSPS) is 29.5. The minimum atomic E-state index is -5.32. The SMILES string of the molecule is CCCCCC1CCC(/C=C/C2CCC(C3CCC(C(F)(F)Oc4cc(F)c(OC(F)(F)F)c(F)c4)CC3)CC2)CC1. The van der Waals surface area contributed by atoms with Gasteiger partial charge in [-0.05, 0) is 107 Å². The summed E-state index contributed by atoms with van der Waals surface area (Å²) in [4.78, 5) is 0. The van der Waals surface area contributed by atoms with Gasteiger partial charge in [0.05, 0.1) is 5.92 Å². The summed E-state index contributed by atoms with van der Waals surface area (Å²) in [5.74, 6) is -4.12. The molecule has 3 aliphatic rings. The van der Waals surface area contributed by atoms with E-state index in [0.29, 0.717) is 36.5 Å². The van der Waals surface area contributed by atoms with Gasteiger partial charge < -0.3 is 9.47 Å². The lowest BCUT2D eigenvalue weighted by Gasteiger charge is -2.39. The van der Waals surface area contributed by atoms with E-state index in [1.54, 1.807) is 0 Å². The molecule has 0 spiro atoms. The molecule has 0 atom stereocenters. The molecule has 4 rings (SSSR count). The molecule has 238 valence electrons. The number of hydrogen-bond acceptors (Lipinski definition) is 2. The summed E-state index contributed by atoms with van der Waals surface area (Å²) in [6, 6.07) is 0.576. The first kappa shape index (κ1) is 33.0. The molecule has 0 aliphatic heterocycles. The van der Waals surface area contributed by atoms with E-state index in [4.69, 9.17) is 0 Å². The summed E-state index contributed by atoms with van der Waals surface area (Å²) in [5.41, 5.74) is 0. The van der Waals surface area contributed by atoms with Crippen LogP contribution in [0.1, 0.15) is 110 Å². The number of ether oxygens (including phenoxy) is 2. The summed E-state index contributed by atoms with van der Waals surface area (Å²) in [6.07, 6.45) is 12.8. The fraction of sp³-hybridized carbons (Fsp3) is 0.758. The topological polar surface area (TPSA) is 18.5 Å². The fourth-order valence-electron chi connectivity index (χ4n) is 7.45. The molecule has 3 aliphatic carbocycles. The van der Waals surface area contributed by atoms with Crippen LogP contribution in [0.3, 0.4) is 0 Å². The van der Waals surface area contributed by atoms with Crippen LogP contribution >= 0.6 is 0 Å². The molecule has 0 saturated heterocycles. The molecule has 9 heteroatoms. The number of unbranched alkanes of at least 4 members (excludes halogenated alkanes) is 2. The van der Waals surface area contributed by atoms with Crippen molar-refractivity contribution in [1.29, 1.82) is 0 Å². The number of hydrogen-bond donors (Lipinski definition) is 0. The van der Waals surface area contributed by atoms with Crippen molar-refractivity contribution in [2.75, 3.05) is 0 Å². The average Bonchev–Trinajstić information content (AvgIpc) is 2.94. The van der Waals surface area contributed by atoms with Crippen LogP contribution in [-0.4, -0.2) is 12.5 Å². The number of benzene rings is 1. The van der Waals surface area contributed by atoms with E-state index in [1.165, 1.54) is 51.4 Å². The highest BCUT2D eigenvalue weighted by molar-refractivity contribution is 5.35. The van der Waals surface area contributed by atoms with Crippen molar-refractivity contribution in [3.8, 4) is 11.5 Å². The van der Waals surface area contributed by atoms with Crippen molar-refractivity contribution >= 4 is 0 Å². The number of allylic oxidation sites excluding steroid dienone is 2. The molecule has 0 bridgehead atoms. The molecule has 3 saturated carbocycles. The molecule has 0 amide bonds. The van der Waals surface area contributed by atoms with Gasteiger partial charge in [-0.15, -0.1) is 13.2 Å². The summed E-state index contributed by atoms with van der Waals surface area (Å²) >= 11 is 0. The van der Waals surface area contributed by atoms with E-state index >= 15 is 0 Å². The highest BCUT2D eigenvalue weighted by Gasteiger charge is 2.45. The van der Waals surface area contributed by atoms with Crippen LogP contribution < -0.4 is 9.47 Å². The maximum absolute atomic E-state index is 14.9. The monoisotopic (exact) mass is 606 g/mol. The van der Waals surface area contributed by atoms with Crippen molar-refractivity contribution in [2.24, 2.45) is 35.5 Å². The molecule has 1 aromatic carbocycles. The highest BCUT2D eigenvalue weighted by Crippen LogP contribution is 2.46. The molecule has 0 N–H and O–H groups in total. The van der Waals surface area contributed by atoms with Crippen molar-refractivity contribution in [1.82, 2.24) is 0 Å². The van der Waals surface area contributed by atoms with Gasteiger partial charge >= 0.3 is 12.5 Å². The molecule has 0 radical (unpaired) electrons. The van der Waals surface area contributed by atoms with Gasteiger partial charge in [-0.1, -0.05) is 44.8 Å². The van der Waals surface area contributed by atoms with Gasteiger partial charge in [0.2, 0.25) is 5.75 Å². The summed E-state index contributed by atoms with van der Waals surface area (Å²) in [6.45, 7) is 2.25. The third kappa shape index (κ3) is 9.54. The Labute approximate surface area is 245 Å². The van der Waals surface area contributed by atoms with Gasteiger partial charge in [0.25, 0.3) is 0 Å². The first-order valence-corrected chi connectivity index (χ1v) is 15.9. The maximum Gasteiger partial charge on any atom is 0.573 e. The number of alkyl halides is 5. The molecule has 3 fully saturated rings. The van der Waals surface area contributed by atoms with Crippen LogP contribution in [0, 0.1) is 47.1 Å². The van der Waals surface area contributed by atoms with E-state index in [2.05, 4.69) is 28.5 Å². The maximum atomic E-state index is 14.9. The van der Waals surface area contributed by atoms with Gasteiger partial charge in [-0.3, -0.25) is 0 Å². The molecule has 0 heterocycles. The predicted octanol–water partition coefficient (Wildman–Crippen LogP) is 11.4. The quantitative estimate of drug-likeness (QED) is 0.142. The molecule has 0 aromatic heterocycles. The van der Waals surface area contributed by atoms with Crippen molar-refractivity contribution in [3.05, 3.63) is 35.9 Å². The zero-order valence-corrected chi connectivity index (χ0v) is 24.5. The minimum absolute atomic E-state index is 0.221. The Morgan fingerprint density at radius 3 is 1.69 bits per heavy atom. The molecule has 42 heavy (non-hydrogen) atoms. The summed E-state index contributed by atoms with van der Waals surface area (Å²) in [7, 11) is 0. The smallest absolute Gasteiger partial charge is 0.432 e. The molecular weight excluding hydrogens is 561 g/mol. The lowest BCUT2D eigenvalue weighted by molar-refractivity contribution is -0.276. The molecule has 0 unspecified atom stereocenters. The second kappa shape index (κ2) is 14.7. The van der Waals surface area contributed by atoms with Crippen LogP contribution in [0.4, 0.5) is 30.7 Å². The first-order chi connectivity index (χ1) is 19.9. The van der Waals surface area contributed by atoms with Crippen LogP contribution in [0.2, 0.25) is 0 Å². The van der Waals surface area contributed by atoms with E-state index in [1.807, 2.05) is 0 Å². The van der Waals surface area contributed by atoms with Crippen LogP contribution in [0.25, 0.3) is 0 Å². The Hall–Kier alpha value is -1.93. The third-order valence-electron chi connectivity index (χ3n) is 9.94. The Morgan fingerprint density at radius 2 is 1.19 bits per heavy atom. The Kier molecular flexibility index (Phi) is 11.5. The number of rotatable bonds is 11. The Morgan fingerprint density at radius 1 is 0.690 bits per heavy atom. The standard InChI is InChI=1S/C33H45F7O2/c1-2-3-4-5-22-6-8-23(9-7-22)10-11-24-12-14-25(15-13-24)26-16-18-27(19-17-26)32(36,37)41-28-20-29(34)31(30(35)21-28)42-33(38,39)40/h10-11,20-27H,2-9,12-19H2,1H3/b11-10+. The molecular formula is C33H45F7O2. The van der Waals surface area contributed by atoms with E-state index in [0.717, 1.165) is 31.6 Å². The fourth-order valence-corrected chi connectivity index (χ4v) is 7.45. The van der Waals surface area contributed by atoms with Gasteiger partial charge in [0.15, 0.2) is 11.6 Å². The Balaban J connectivity index is 1.18. The van der Waals surface area contributed by atoms with Gasteiger partial charge in [0.1, 0.15) is 5.75 Å². The zero-order valence-electron chi connectivity index (χ0n) is 24.5. The third-order valence-corrected chi connectivity index (χ3v) is 9.94. The molecule has 1 aromatic rings. The van der Waals surface area contributed by atoms with Crippen LogP contribution in [-0.2, 0) is 0 Å². The van der Waals surface area contributed by atoms with E-state index in [9.17, 15) is 30.7 Å². The van der Waals surface area contributed by atoms with Gasteiger partial charge in [-0.2, -0.15) is 8.78 Å². The van der Waals surface area contributed by atoms with E-state index < -0.39 is 41.5 Å². The van der Waals surface area contributed by atoms with Crippen molar-refractivity contribution < 1.29 is 40.2 Å². The number of halogens is 7. The van der Waals surface area contributed by atoms with Crippen molar-refractivity contribution in [3.63, 3.8) is 0 Å². The summed E-state index contributed by atoms with van der Waals surface area (Å²) in [5, 5.41) is 0.